The van der Waals surface area contributed by atoms with Gasteiger partial charge in [0.25, 0.3) is 0 Å². The number of halogens is 1. The van der Waals surface area contributed by atoms with E-state index in [4.69, 9.17) is 9.47 Å². The van der Waals surface area contributed by atoms with Crippen LogP contribution in [0.5, 0.6) is 11.5 Å². The third-order valence-electron chi connectivity index (χ3n) is 2.63. The lowest BCUT2D eigenvalue weighted by Crippen LogP contribution is -2.15. The molecular weight excluding hydrogens is 314 g/mol. The van der Waals surface area contributed by atoms with Crippen molar-refractivity contribution in [2.75, 3.05) is 18.5 Å². The Bertz CT molecular complexity index is 556. The number of benzene rings is 1. The summed E-state index contributed by atoms with van der Waals surface area (Å²) in [5, 5.41) is 5.46. The van der Waals surface area contributed by atoms with E-state index < -0.39 is 0 Å². The van der Waals surface area contributed by atoms with Crippen LogP contribution in [-0.4, -0.2) is 13.2 Å². The van der Waals surface area contributed by atoms with E-state index in [0.717, 1.165) is 28.2 Å². The fourth-order valence-corrected chi connectivity index (χ4v) is 3.18. The molecule has 0 bridgehead atoms. The van der Waals surface area contributed by atoms with Crippen LogP contribution in [0.4, 0.5) is 5.69 Å². The van der Waals surface area contributed by atoms with E-state index in [2.05, 4.69) is 32.7 Å². The van der Waals surface area contributed by atoms with Gasteiger partial charge in [-0.25, -0.2) is 0 Å². The molecule has 0 saturated heterocycles. The average Bonchev–Trinajstić information content (AvgIpc) is 2.82. The molecule has 18 heavy (non-hydrogen) atoms. The van der Waals surface area contributed by atoms with Crippen LogP contribution in [-0.2, 0) is 6.54 Å². The zero-order chi connectivity index (χ0) is 12.4. The van der Waals surface area contributed by atoms with E-state index in [0.29, 0.717) is 13.2 Å². The molecule has 0 spiro atoms. The maximum atomic E-state index is 5.55. The van der Waals surface area contributed by atoms with Crippen molar-refractivity contribution in [3.05, 3.63) is 39.0 Å². The Morgan fingerprint density at radius 3 is 2.78 bits per heavy atom. The third kappa shape index (κ3) is 2.62. The number of ether oxygens (including phenoxy) is 2. The van der Waals surface area contributed by atoms with Gasteiger partial charge in [-0.1, -0.05) is 0 Å². The van der Waals surface area contributed by atoms with Gasteiger partial charge in [0.15, 0.2) is 11.5 Å². The standard InChI is InChI=1S/C13H12BrNO2S/c14-9-5-11(18-8-9)7-15-10-1-2-12-13(6-10)17-4-3-16-12/h1-2,5-6,8,15H,3-4,7H2. The molecule has 94 valence electrons. The van der Waals surface area contributed by atoms with Crippen LogP contribution in [0.1, 0.15) is 4.88 Å². The minimum Gasteiger partial charge on any atom is -0.486 e. The predicted octanol–water partition coefficient (Wildman–Crippen LogP) is 3.89. The Morgan fingerprint density at radius 2 is 2.00 bits per heavy atom. The molecule has 3 rings (SSSR count). The fourth-order valence-electron chi connectivity index (χ4n) is 1.79. The Kier molecular flexibility index (Phi) is 3.43. The van der Waals surface area contributed by atoms with Crippen molar-refractivity contribution in [1.82, 2.24) is 0 Å². The fraction of sp³-hybridized carbons (Fsp3) is 0.231. The predicted molar refractivity (Wildman–Crippen MR) is 76.8 cm³/mol. The first-order chi connectivity index (χ1) is 8.81. The monoisotopic (exact) mass is 325 g/mol. The summed E-state index contributed by atoms with van der Waals surface area (Å²) in [6.45, 7) is 2.06. The summed E-state index contributed by atoms with van der Waals surface area (Å²) < 4.78 is 12.2. The Hall–Kier alpha value is -1.20. The quantitative estimate of drug-likeness (QED) is 0.928. The van der Waals surface area contributed by atoms with Crippen molar-refractivity contribution in [2.45, 2.75) is 6.54 Å². The van der Waals surface area contributed by atoms with Crippen molar-refractivity contribution in [3.63, 3.8) is 0 Å². The van der Waals surface area contributed by atoms with Crippen molar-refractivity contribution < 1.29 is 9.47 Å². The molecule has 1 aliphatic rings. The van der Waals surface area contributed by atoms with Gasteiger partial charge >= 0.3 is 0 Å². The largest absolute Gasteiger partial charge is 0.486 e. The molecule has 1 N–H and O–H groups in total. The maximum Gasteiger partial charge on any atom is 0.163 e. The SMILES string of the molecule is Brc1csc(CNc2ccc3c(c2)OCCO3)c1. The second kappa shape index (κ2) is 5.20. The summed E-state index contributed by atoms with van der Waals surface area (Å²) in [6.07, 6.45) is 0. The third-order valence-corrected chi connectivity index (χ3v) is 4.33. The van der Waals surface area contributed by atoms with Crippen LogP contribution >= 0.6 is 27.3 Å². The molecule has 0 unspecified atom stereocenters. The molecule has 1 aliphatic heterocycles. The molecule has 1 aromatic heterocycles. The molecule has 0 aliphatic carbocycles. The Labute approximate surface area is 118 Å². The van der Waals surface area contributed by atoms with Gasteiger partial charge < -0.3 is 14.8 Å². The summed E-state index contributed by atoms with van der Waals surface area (Å²) in [5.74, 6) is 1.64. The van der Waals surface area contributed by atoms with Crippen molar-refractivity contribution in [3.8, 4) is 11.5 Å². The maximum absolute atomic E-state index is 5.55. The van der Waals surface area contributed by atoms with Crippen LogP contribution in [0.3, 0.4) is 0 Å². The zero-order valence-electron chi connectivity index (χ0n) is 9.61. The Morgan fingerprint density at radius 1 is 1.17 bits per heavy atom. The number of rotatable bonds is 3. The van der Waals surface area contributed by atoms with E-state index in [1.807, 2.05) is 18.2 Å². The van der Waals surface area contributed by atoms with Crippen LogP contribution in [0.15, 0.2) is 34.1 Å². The van der Waals surface area contributed by atoms with Crippen molar-refractivity contribution >= 4 is 33.0 Å². The number of hydrogen-bond acceptors (Lipinski definition) is 4. The Balaban J connectivity index is 1.69. The minimum atomic E-state index is 0.619. The molecule has 0 atom stereocenters. The van der Waals surface area contributed by atoms with Gasteiger partial charge in [-0.3, -0.25) is 0 Å². The summed E-state index contributed by atoms with van der Waals surface area (Å²) in [7, 11) is 0. The van der Waals surface area contributed by atoms with Crippen LogP contribution in [0.25, 0.3) is 0 Å². The molecular formula is C13H12BrNO2S. The first kappa shape index (κ1) is 11.9. The smallest absolute Gasteiger partial charge is 0.163 e. The topological polar surface area (TPSA) is 30.5 Å². The van der Waals surface area contributed by atoms with E-state index >= 15 is 0 Å². The first-order valence-electron chi connectivity index (χ1n) is 5.68. The summed E-state index contributed by atoms with van der Waals surface area (Å²) >= 11 is 5.19. The van der Waals surface area contributed by atoms with Gasteiger partial charge in [0.2, 0.25) is 0 Å². The van der Waals surface area contributed by atoms with Gasteiger partial charge in [-0.2, -0.15) is 0 Å². The van der Waals surface area contributed by atoms with Gasteiger partial charge in [-0.15, -0.1) is 11.3 Å². The number of nitrogens with one attached hydrogen (secondary N) is 1. The molecule has 2 heterocycles. The normalized spacial score (nSPS) is 13.4. The van der Waals surface area contributed by atoms with Crippen LogP contribution < -0.4 is 14.8 Å². The molecule has 2 aromatic rings. The summed E-state index contributed by atoms with van der Waals surface area (Å²) in [6, 6.07) is 8.06. The zero-order valence-corrected chi connectivity index (χ0v) is 12.0. The number of hydrogen-bond donors (Lipinski definition) is 1. The van der Waals surface area contributed by atoms with E-state index in [-0.39, 0.29) is 0 Å². The molecule has 0 radical (unpaired) electrons. The number of thiophene rings is 1. The molecule has 0 fully saturated rings. The van der Waals surface area contributed by atoms with Crippen molar-refractivity contribution in [1.29, 1.82) is 0 Å². The van der Waals surface area contributed by atoms with Crippen LogP contribution in [0, 0.1) is 0 Å². The lowest BCUT2D eigenvalue weighted by molar-refractivity contribution is 0.171. The molecule has 5 heteroatoms. The highest BCUT2D eigenvalue weighted by Gasteiger charge is 2.11. The van der Waals surface area contributed by atoms with Crippen LogP contribution in [0.2, 0.25) is 0 Å². The highest BCUT2D eigenvalue weighted by Crippen LogP contribution is 2.32. The number of anilines is 1. The average molecular weight is 326 g/mol. The summed E-state index contributed by atoms with van der Waals surface area (Å²) in [5.41, 5.74) is 1.05. The van der Waals surface area contributed by atoms with Gasteiger partial charge in [-0.05, 0) is 34.1 Å². The van der Waals surface area contributed by atoms with Crippen molar-refractivity contribution in [2.24, 2.45) is 0 Å². The highest BCUT2D eigenvalue weighted by molar-refractivity contribution is 9.10. The van der Waals surface area contributed by atoms with Gasteiger partial charge in [0.1, 0.15) is 13.2 Å². The number of fused-ring (bicyclic) bond motifs is 1. The van der Waals surface area contributed by atoms with Gasteiger partial charge in [0.05, 0.1) is 0 Å². The van der Waals surface area contributed by atoms with E-state index in [1.165, 1.54) is 4.88 Å². The molecule has 1 aromatic carbocycles. The molecule has 0 saturated carbocycles. The second-order valence-corrected chi connectivity index (χ2v) is 5.85. The summed E-state index contributed by atoms with van der Waals surface area (Å²) in [4.78, 5) is 1.29. The minimum absolute atomic E-state index is 0.619. The first-order valence-corrected chi connectivity index (χ1v) is 7.35. The lowest BCUT2D eigenvalue weighted by atomic mass is 10.2. The van der Waals surface area contributed by atoms with Gasteiger partial charge in [0, 0.05) is 33.0 Å². The van der Waals surface area contributed by atoms with E-state index in [9.17, 15) is 0 Å². The molecule has 0 amide bonds. The second-order valence-electron chi connectivity index (χ2n) is 3.94. The lowest BCUT2D eigenvalue weighted by Gasteiger charge is -2.19. The van der Waals surface area contributed by atoms with E-state index in [1.54, 1.807) is 11.3 Å². The highest BCUT2D eigenvalue weighted by atomic mass is 79.9. The molecule has 3 nitrogen and oxygen atoms in total.